The highest BCUT2D eigenvalue weighted by Crippen LogP contribution is 2.13. The third kappa shape index (κ3) is 6.19. The first-order valence-corrected chi connectivity index (χ1v) is 7.06. The fourth-order valence-corrected chi connectivity index (χ4v) is 2.22. The minimum Gasteiger partial charge on any atom is -0.497 e. The van der Waals surface area contributed by atoms with Crippen molar-refractivity contribution in [3.05, 3.63) is 41.5 Å². The molecule has 0 atom stereocenters. The molecule has 4 nitrogen and oxygen atoms in total. The van der Waals surface area contributed by atoms with Gasteiger partial charge in [0, 0.05) is 19.5 Å². The van der Waals surface area contributed by atoms with Crippen molar-refractivity contribution in [2.75, 3.05) is 26.7 Å². The lowest BCUT2D eigenvalue weighted by atomic mass is 10.1. The molecule has 1 aliphatic rings. The number of ether oxygens (including phenoxy) is 1. The van der Waals surface area contributed by atoms with Gasteiger partial charge in [0.2, 0.25) is 5.91 Å². The van der Waals surface area contributed by atoms with E-state index in [-0.39, 0.29) is 18.3 Å². The van der Waals surface area contributed by atoms with Crippen LogP contribution in [0.3, 0.4) is 0 Å². The Morgan fingerprint density at radius 2 is 2.29 bits per heavy atom. The van der Waals surface area contributed by atoms with Gasteiger partial charge in [-0.05, 0) is 37.1 Å². The Balaban J connectivity index is 0.00000220. The van der Waals surface area contributed by atoms with Crippen molar-refractivity contribution in [3.8, 4) is 5.75 Å². The lowest BCUT2D eigenvalue weighted by molar-refractivity contribution is -0.120. The van der Waals surface area contributed by atoms with Gasteiger partial charge in [-0.25, -0.2) is 0 Å². The van der Waals surface area contributed by atoms with Crippen LogP contribution in [0.25, 0.3) is 0 Å². The molecule has 1 heterocycles. The maximum absolute atomic E-state index is 11.8. The number of aryl methyl sites for hydroxylation is 1. The summed E-state index contributed by atoms with van der Waals surface area (Å²) in [7, 11) is 1.65. The van der Waals surface area contributed by atoms with E-state index in [0.29, 0.717) is 13.0 Å². The van der Waals surface area contributed by atoms with E-state index >= 15 is 0 Å². The van der Waals surface area contributed by atoms with Crippen LogP contribution in [-0.4, -0.2) is 32.7 Å². The van der Waals surface area contributed by atoms with Crippen molar-refractivity contribution >= 4 is 18.3 Å². The highest BCUT2D eigenvalue weighted by atomic mass is 35.5. The maximum atomic E-state index is 11.8. The smallest absolute Gasteiger partial charge is 0.220 e. The standard InChI is InChI=1S/C16H22N2O2.ClH/c1-20-15-4-2-3-13(11-15)5-6-16(19)18-12-14-7-9-17-10-8-14;/h2-4,7,11,17H,5-6,8-10,12H2,1H3,(H,18,19);1H. The summed E-state index contributed by atoms with van der Waals surface area (Å²) in [6.45, 7) is 2.60. The monoisotopic (exact) mass is 310 g/mol. The summed E-state index contributed by atoms with van der Waals surface area (Å²) in [4.78, 5) is 11.8. The molecule has 21 heavy (non-hydrogen) atoms. The van der Waals surface area contributed by atoms with Gasteiger partial charge in [-0.2, -0.15) is 0 Å². The summed E-state index contributed by atoms with van der Waals surface area (Å²) in [6, 6.07) is 7.85. The summed E-state index contributed by atoms with van der Waals surface area (Å²) >= 11 is 0. The molecule has 1 aliphatic heterocycles. The number of rotatable bonds is 6. The van der Waals surface area contributed by atoms with Crippen LogP contribution in [0.5, 0.6) is 5.75 Å². The van der Waals surface area contributed by atoms with Gasteiger partial charge in [0.15, 0.2) is 0 Å². The van der Waals surface area contributed by atoms with Crippen molar-refractivity contribution < 1.29 is 9.53 Å². The Kier molecular flexibility index (Phi) is 7.87. The summed E-state index contributed by atoms with van der Waals surface area (Å²) < 4.78 is 5.17. The lowest BCUT2D eigenvalue weighted by Gasteiger charge is -2.14. The highest BCUT2D eigenvalue weighted by molar-refractivity contribution is 5.85. The van der Waals surface area contributed by atoms with Crippen LogP contribution in [0, 0.1) is 0 Å². The number of hydrogen-bond donors (Lipinski definition) is 2. The quantitative estimate of drug-likeness (QED) is 0.791. The first-order chi connectivity index (χ1) is 9.78. The van der Waals surface area contributed by atoms with E-state index in [9.17, 15) is 4.79 Å². The predicted molar refractivity (Wildman–Crippen MR) is 87.1 cm³/mol. The van der Waals surface area contributed by atoms with Crippen molar-refractivity contribution in [2.24, 2.45) is 0 Å². The summed E-state index contributed by atoms with van der Waals surface area (Å²) in [6.07, 6.45) is 4.43. The Hall–Kier alpha value is -1.52. The van der Waals surface area contributed by atoms with E-state index in [1.807, 2.05) is 24.3 Å². The van der Waals surface area contributed by atoms with E-state index in [4.69, 9.17) is 4.74 Å². The number of hydrogen-bond acceptors (Lipinski definition) is 3. The van der Waals surface area contributed by atoms with Gasteiger partial charge in [-0.15, -0.1) is 12.4 Å². The second-order valence-electron chi connectivity index (χ2n) is 4.94. The molecule has 2 N–H and O–H groups in total. The third-order valence-electron chi connectivity index (χ3n) is 3.45. The Labute approximate surface area is 132 Å². The molecule has 5 heteroatoms. The second-order valence-corrected chi connectivity index (χ2v) is 4.94. The molecule has 0 radical (unpaired) electrons. The topological polar surface area (TPSA) is 50.4 Å². The normalized spacial score (nSPS) is 13.9. The van der Waals surface area contributed by atoms with Crippen LogP contribution in [0.2, 0.25) is 0 Å². The van der Waals surface area contributed by atoms with Gasteiger partial charge in [0.25, 0.3) is 0 Å². The number of carbonyl (C=O) groups excluding carboxylic acids is 1. The minimum absolute atomic E-state index is 0. The van der Waals surface area contributed by atoms with Crippen LogP contribution >= 0.6 is 12.4 Å². The molecule has 1 aromatic carbocycles. The molecule has 0 bridgehead atoms. The first-order valence-electron chi connectivity index (χ1n) is 7.06. The van der Waals surface area contributed by atoms with E-state index < -0.39 is 0 Å². The van der Waals surface area contributed by atoms with Crippen LogP contribution in [0.4, 0.5) is 0 Å². The van der Waals surface area contributed by atoms with E-state index in [1.165, 1.54) is 5.57 Å². The molecule has 0 aromatic heterocycles. The molecule has 0 saturated heterocycles. The van der Waals surface area contributed by atoms with Crippen molar-refractivity contribution in [1.82, 2.24) is 10.6 Å². The zero-order valence-corrected chi connectivity index (χ0v) is 13.2. The van der Waals surface area contributed by atoms with Gasteiger partial charge in [-0.3, -0.25) is 4.79 Å². The van der Waals surface area contributed by atoms with Gasteiger partial charge >= 0.3 is 0 Å². The molecule has 0 spiro atoms. The van der Waals surface area contributed by atoms with Crippen LogP contribution < -0.4 is 15.4 Å². The summed E-state index contributed by atoms with van der Waals surface area (Å²) in [5.41, 5.74) is 2.44. The molecule has 116 valence electrons. The molecule has 1 aromatic rings. The van der Waals surface area contributed by atoms with Crippen LogP contribution in [0.1, 0.15) is 18.4 Å². The number of halogens is 1. The summed E-state index contributed by atoms with van der Waals surface area (Å²) in [5.74, 6) is 0.940. The fraction of sp³-hybridized carbons (Fsp3) is 0.438. The van der Waals surface area contributed by atoms with E-state index in [2.05, 4.69) is 16.7 Å². The van der Waals surface area contributed by atoms with Crippen molar-refractivity contribution in [1.29, 1.82) is 0 Å². The largest absolute Gasteiger partial charge is 0.497 e. The first kappa shape index (κ1) is 17.5. The average Bonchev–Trinajstić information content (AvgIpc) is 2.52. The van der Waals surface area contributed by atoms with E-state index in [1.54, 1.807) is 7.11 Å². The molecular formula is C16H23ClN2O2. The summed E-state index contributed by atoms with van der Waals surface area (Å²) in [5, 5.41) is 6.24. The number of amides is 1. The fourth-order valence-electron chi connectivity index (χ4n) is 2.22. The SMILES string of the molecule is COc1cccc(CCC(=O)NCC2=CCNCC2)c1.Cl. The van der Waals surface area contributed by atoms with Crippen LogP contribution in [0.15, 0.2) is 35.9 Å². The maximum Gasteiger partial charge on any atom is 0.220 e. The third-order valence-corrected chi connectivity index (χ3v) is 3.45. The zero-order chi connectivity index (χ0) is 14.2. The van der Waals surface area contributed by atoms with Crippen LogP contribution in [-0.2, 0) is 11.2 Å². The lowest BCUT2D eigenvalue weighted by Crippen LogP contribution is -2.29. The molecule has 0 aliphatic carbocycles. The van der Waals surface area contributed by atoms with Crippen molar-refractivity contribution in [2.45, 2.75) is 19.3 Å². The van der Waals surface area contributed by atoms with Gasteiger partial charge in [0.05, 0.1) is 7.11 Å². The highest BCUT2D eigenvalue weighted by Gasteiger charge is 2.06. The molecule has 0 fully saturated rings. The molecule has 0 saturated carbocycles. The average molecular weight is 311 g/mol. The van der Waals surface area contributed by atoms with Gasteiger partial charge < -0.3 is 15.4 Å². The van der Waals surface area contributed by atoms with Crippen molar-refractivity contribution in [3.63, 3.8) is 0 Å². The molecular weight excluding hydrogens is 288 g/mol. The Bertz CT molecular complexity index is 489. The molecule has 1 amide bonds. The number of benzene rings is 1. The van der Waals surface area contributed by atoms with Gasteiger partial charge in [-0.1, -0.05) is 23.8 Å². The van der Waals surface area contributed by atoms with E-state index in [0.717, 1.165) is 37.2 Å². The Morgan fingerprint density at radius 1 is 1.43 bits per heavy atom. The number of methoxy groups -OCH3 is 1. The number of carbonyl (C=O) groups is 1. The molecule has 0 unspecified atom stereocenters. The van der Waals surface area contributed by atoms with Gasteiger partial charge in [0.1, 0.15) is 5.75 Å². The molecule has 2 rings (SSSR count). The zero-order valence-electron chi connectivity index (χ0n) is 12.4. The minimum atomic E-state index is 0. The Morgan fingerprint density at radius 3 is 3.00 bits per heavy atom. The second kappa shape index (κ2) is 9.42. The predicted octanol–water partition coefficient (Wildman–Crippen LogP) is 2.09. The number of nitrogens with one attached hydrogen (secondary N) is 2.